The maximum absolute atomic E-state index is 10.5. The fourth-order valence-electron chi connectivity index (χ4n) is 0.831. The van der Waals surface area contributed by atoms with Gasteiger partial charge in [0.15, 0.2) is 0 Å². The number of hydrogen-bond acceptors (Lipinski definition) is 4. The Balaban J connectivity index is 2.84. The van der Waals surface area contributed by atoms with Crippen LogP contribution in [-0.2, 0) is 0 Å². The topological polar surface area (TPSA) is 65.3 Å². The molecule has 0 unspecified atom stereocenters. The first kappa shape index (κ1) is 9.44. The molecule has 1 rings (SSSR count). The molecule has 0 aliphatic heterocycles. The summed E-state index contributed by atoms with van der Waals surface area (Å²) in [5.41, 5.74) is -0.0871. The molecular formula is C8H10N2O3. The fraction of sp³-hybridized carbons (Fsp3) is 0.375. The maximum Gasteiger partial charge on any atom is 0.330 e. The van der Waals surface area contributed by atoms with Crippen LogP contribution in [0.3, 0.4) is 0 Å². The van der Waals surface area contributed by atoms with Gasteiger partial charge in [-0.1, -0.05) is 6.92 Å². The van der Waals surface area contributed by atoms with E-state index in [0.29, 0.717) is 6.61 Å². The number of nitro groups is 1. The predicted octanol–water partition coefficient (Wildman–Crippen LogP) is 1.78. The number of ether oxygens (including phenoxy) is 1. The normalized spacial score (nSPS) is 9.62. The first-order chi connectivity index (χ1) is 6.25. The summed E-state index contributed by atoms with van der Waals surface area (Å²) in [7, 11) is 0. The van der Waals surface area contributed by atoms with E-state index >= 15 is 0 Å². The molecule has 0 amide bonds. The van der Waals surface area contributed by atoms with E-state index in [-0.39, 0.29) is 11.6 Å². The van der Waals surface area contributed by atoms with E-state index < -0.39 is 4.92 Å². The SMILES string of the molecule is CCCOc1ncccc1[N+](=O)[O-]. The van der Waals surface area contributed by atoms with Crippen LogP contribution in [0.2, 0.25) is 0 Å². The predicted molar refractivity (Wildman–Crippen MR) is 46.7 cm³/mol. The minimum absolute atomic E-state index is 0.0871. The van der Waals surface area contributed by atoms with Gasteiger partial charge in [-0.3, -0.25) is 10.1 Å². The van der Waals surface area contributed by atoms with Gasteiger partial charge in [0, 0.05) is 12.3 Å². The van der Waals surface area contributed by atoms with Gasteiger partial charge in [-0.2, -0.15) is 0 Å². The highest BCUT2D eigenvalue weighted by Gasteiger charge is 2.14. The van der Waals surface area contributed by atoms with Gasteiger partial charge in [-0.25, -0.2) is 4.98 Å². The van der Waals surface area contributed by atoms with Crippen LogP contribution >= 0.6 is 0 Å². The summed E-state index contributed by atoms with van der Waals surface area (Å²) in [6.07, 6.45) is 2.27. The zero-order valence-electron chi connectivity index (χ0n) is 7.27. The lowest BCUT2D eigenvalue weighted by Crippen LogP contribution is -2.00. The monoisotopic (exact) mass is 182 g/mol. The largest absolute Gasteiger partial charge is 0.473 e. The molecule has 0 radical (unpaired) electrons. The van der Waals surface area contributed by atoms with E-state index in [2.05, 4.69) is 4.98 Å². The van der Waals surface area contributed by atoms with Crippen molar-refractivity contribution in [3.8, 4) is 5.88 Å². The summed E-state index contributed by atoms with van der Waals surface area (Å²) in [6, 6.07) is 2.88. The van der Waals surface area contributed by atoms with E-state index in [1.165, 1.54) is 18.3 Å². The average Bonchev–Trinajstić information content (AvgIpc) is 2.15. The van der Waals surface area contributed by atoms with Crippen LogP contribution in [0.1, 0.15) is 13.3 Å². The standard InChI is InChI=1S/C8H10N2O3/c1-2-6-13-8-7(10(11)12)4-3-5-9-8/h3-5H,2,6H2,1H3. The van der Waals surface area contributed by atoms with E-state index in [1.807, 2.05) is 6.92 Å². The fourth-order valence-corrected chi connectivity index (χ4v) is 0.831. The first-order valence-electron chi connectivity index (χ1n) is 3.98. The Labute approximate surface area is 75.5 Å². The molecule has 5 heteroatoms. The summed E-state index contributed by atoms with van der Waals surface area (Å²) in [4.78, 5) is 13.7. The second kappa shape index (κ2) is 4.39. The Morgan fingerprint density at radius 1 is 1.69 bits per heavy atom. The highest BCUT2D eigenvalue weighted by Crippen LogP contribution is 2.22. The molecule has 0 bridgehead atoms. The molecule has 0 aromatic carbocycles. The van der Waals surface area contributed by atoms with E-state index in [9.17, 15) is 10.1 Å². The number of hydrogen-bond donors (Lipinski definition) is 0. The summed E-state index contributed by atoms with van der Waals surface area (Å²) < 4.78 is 5.09. The van der Waals surface area contributed by atoms with Crippen LogP contribution in [-0.4, -0.2) is 16.5 Å². The molecule has 0 saturated heterocycles. The highest BCUT2D eigenvalue weighted by molar-refractivity contribution is 5.39. The summed E-state index contributed by atoms with van der Waals surface area (Å²) >= 11 is 0. The van der Waals surface area contributed by atoms with E-state index in [1.54, 1.807) is 0 Å². The Hall–Kier alpha value is -1.65. The Morgan fingerprint density at radius 2 is 2.46 bits per heavy atom. The molecule has 0 spiro atoms. The van der Waals surface area contributed by atoms with Crippen molar-refractivity contribution in [1.29, 1.82) is 0 Å². The van der Waals surface area contributed by atoms with Crippen molar-refractivity contribution in [3.05, 3.63) is 28.4 Å². The number of pyridine rings is 1. The van der Waals surface area contributed by atoms with Crippen molar-refractivity contribution < 1.29 is 9.66 Å². The third-order valence-electron chi connectivity index (χ3n) is 1.39. The average molecular weight is 182 g/mol. The molecule has 0 saturated carbocycles. The second-order valence-electron chi connectivity index (χ2n) is 2.43. The lowest BCUT2D eigenvalue weighted by atomic mass is 10.4. The van der Waals surface area contributed by atoms with Crippen LogP contribution in [0.25, 0.3) is 0 Å². The minimum Gasteiger partial charge on any atom is -0.473 e. The van der Waals surface area contributed by atoms with Crippen LogP contribution < -0.4 is 4.74 Å². The Kier molecular flexibility index (Phi) is 3.19. The summed E-state index contributed by atoms with van der Waals surface area (Å²) in [5, 5.41) is 10.5. The highest BCUT2D eigenvalue weighted by atomic mass is 16.6. The zero-order valence-corrected chi connectivity index (χ0v) is 7.27. The van der Waals surface area contributed by atoms with Crippen molar-refractivity contribution in [2.45, 2.75) is 13.3 Å². The van der Waals surface area contributed by atoms with Gasteiger partial charge in [0.05, 0.1) is 11.5 Å². The van der Waals surface area contributed by atoms with E-state index in [4.69, 9.17) is 4.74 Å². The summed E-state index contributed by atoms with van der Waals surface area (Å²) in [6.45, 7) is 2.37. The first-order valence-corrected chi connectivity index (χ1v) is 3.98. The second-order valence-corrected chi connectivity index (χ2v) is 2.43. The molecule has 0 N–H and O–H groups in total. The van der Waals surface area contributed by atoms with Gasteiger partial charge in [0.1, 0.15) is 0 Å². The summed E-state index contributed by atoms with van der Waals surface area (Å²) in [5.74, 6) is 0.0920. The van der Waals surface area contributed by atoms with Gasteiger partial charge >= 0.3 is 5.69 Å². The molecule has 1 aromatic rings. The zero-order chi connectivity index (χ0) is 9.68. The van der Waals surface area contributed by atoms with Gasteiger partial charge in [0.25, 0.3) is 5.88 Å². The Bertz CT molecular complexity index is 301. The van der Waals surface area contributed by atoms with Crippen LogP contribution in [0.4, 0.5) is 5.69 Å². The van der Waals surface area contributed by atoms with Gasteiger partial charge in [0.2, 0.25) is 0 Å². The third kappa shape index (κ3) is 2.40. The Morgan fingerprint density at radius 3 is 3.08 bits per heavy atom. The lowest BCUT2D eigenvalue weighted by molar-refractivity contribution is -0.386. The third-order valence-corrected chi connectivity index (χ3v) is 1.39. The smallest absolute Gasteiger partial charge is 0.330 e. The molecule has 1 aromatic heterocycles. The van der Waals surface area contributed by atoms with E-state index in [0.717, 1.165) is 6.42 Å². The number of rotatable bonds is 4. The maximum atomic E-state index is 10.5. The van der Waals surface area contributed by atoms with Crippen molar-refractivity contribution in [2.75, 3.05) is 6.61 Å². The van der Waals surface area contributed by atoms with Crippen molar-refractivity contribution >= 4 is 5.69 Å². The van der Waals surface area contributed by atoms with Crippen LogP contribution in [0.5, 0.6) is 5.88 Å². The van der Waals surface area contributed by atoms with Crippen LogP contribution in [0, 0.1) is 10.1 Å². The van der Waals surface area contributed by atoms with Crippen LogP contribution in [0.15, 0.2) is 18.3 Å². The minimum atomic E-state index is -0.502. The quantitative estimate of drug-likeness (QED) is 0.525. The van der Waals surface area contributed by atoms with Gasteiger partial charge in [-0.15, -0.1) is 0 Å². The van der Waals surface area contributed by atoms with Crippen molar-refractivity contribution in [1.82, 2.24) is 4.98 Å². The molecule has 13 heavy (non-hydrogen) atoms. The molecule has 0 aliphatic rings. The molecule has 0 fully saturated rings. The molecular weight excluding hydrogens is 172 g/mol. The number of nitrogens with zero attached hydrogens (tertiary/aromatic N) is 2. The van der Waals surface area contributed by atoms with Gasteiger partial charge < -0.3 is 4.74 Å². The van der Waals surface area contributed by atoms with Gasteiger partial charge in [-0.05, 0) is 12.5 Å². The molecule has 1 heterocycles. The van der Waals surface area contributed by atoms with Crippen molar-refractivity contribution in [3.63, 3.8) is 0 Å². The number of aromatic nitrogens is 1. The molecule has 70 valence electrons. The lowest BCUT2D eigenvalue weighted by Gasteiger charge is -2.02. The molecule has 5 nitrogen and oxygen atoms in total. The molecule has 0 aliphatic carbocycles. The van der Waals surface area contributed by atoms with Crippen molar-refractivity contribution in [2.24, 2.45) is 0 Å². The molecule has 0 atom stereocenters.